The molecule has 1 unspecified atom stereocenters. The molecule has 0 aliphatic heterocycles. The summed E-state index contributed by atoms with van der Waals surface area (Å²) >= 11 is 0. The van der Waals surface area contributed by atoms with Crippen molar-refractivity contribution < 1.29 is 4.74 Å². The van der Waals surface area contributed by atoms with Crippen LogP contribution in [-0.4, -0.2) is 30.0 Å². The molecular weight excluding hydrogens is 238 g/mol. The first-order chi connectivity index (χ1) is 9.29. The Balaban J connectivity index is 1.74. The molecule has 1 aliphatic rings. The molecule has 0 aromatic carbocycles. The molecule has 1 fully saturated rings. The summed E-state index contributed by atoms with van der Waals surface area (Å²) in [5.41, 5.74) is 1.15. The van der Waals surface area contributed by atoms with Crippen molar-refractivity contribution in [1.82, 2.24) is 15.1 Å². The van der Waals surface area contributed by atoms with E-state index in [0.29, 0.717) is 12.0 Å². The number of methoxy groups -OCH3 is 1. The van der Waals surface area contributed by atoms with Gasteiger partial charge >= 0.3 is 0 Å². The Labute approximate surface area is 116 Å². The van der Waals surface area contributed by atoms with Crippen molar-refractivity contribution in [3.05, 3.63) is 18.0 Å². The number of hydrogen-bond acceptors (Lipinski definition) is 3. The Bertz CT molecular complexity index is 358. The molecule has 1 atom stereocenters. The maximum absolute atomic E-state index is 5.13. The molecule has 0 bridgehead atoms. The van der Waals surface area contributed by atoms with Gasteiger partial charge in [0.1, 0.15) is 0 Å². The van der Waals surface area contributed by atoms with Gasteiger partial charge in [0.15, 0.2) is 0 Å². The highest BCUT2D eigenvalue weighted by Crippen LogP contribution is 2.27. The van der Waals surface area contributed by atoms with Gasteiger partial charge in [-0.15, -0.1) is 0 Å². The van der Waals surface area contributed by atoms with E-state index in [1.165, 1.54) is 32.1 Å². The van der Waals surface area contributed by atoms with Gasteiger partial charge in [0.05, 0.1) is 11.7 Å². The number of rotatable bonds is 7. The lowest BCUT2D eigenvalue weighted by molar-refractivity contribution is 0.158. The minimum atomic E-state index is 0.547. The van der Waals surface area contributed by atoms with Crippen LogP contribution in [0.25, 0.3) is 0 Å². The molecule has 108 valence electrons. The molecule has 4 heteroatoms. The van der Waals surface area contributed by atoms with Crippen LogP contribution in [0.15, 0.2) is 12.3 Å². The molecule has 4 nitrogen and oxygen atoms in total. The first kappa shape index (κ1) is 14.5. The Kier molecular flexibility index (Phi) is 5.86. The van der Waals surface area contributed by atoms with E-state index in [4.69, 9.17) is 9.84 Å². The zero-order valence-corrected chi connectivity index (χ0v) is 12.3. The summed E-state index contributed by atoms with van der Waals surface area (Å²) in [6.45, 7) is 4.83. The van der Waals surface area contributed by atoms with Crippen LogP contribution in [0.2, 0.25) is 0 Å². The minimum absolute atomic E-state index is 0.547. The maximum atomic E-state index is 5.13. The van der Waals surface area contributed by atoms with Crippen molar-refractivity contribution >= 4 is 0 Å². The second-order valence-electron chi connectivity index (χ2n) is 5.77. The van der Waals surface area contributed by atoms with Gasteiger partial charge in [-0.1, -0.05) is 26.2 Å². The lowest BCUT2D eigenvalue weighted by atomic mass is 9.96. The van der Waals surface area contributed by atoms with Crippen molar-refractivity contribution in [1.29, 1.82) is 0 Å². The first-order valence-corrected chi connectivity index (χ1v) is 7.53. The smallest absolute Gasteiger partial charge is 0.0762 e. The van der Waals surface area contributed by atoms with Crippen LogP contribution in [0, 0.1) is 5.92 Å². The van der Waals surface area contributed by atoms with E-state index in [1.54, 1.807) is 7.11 Å². The average Bonchev–Trinajstić information content (AvgIpc) is 2.89. The van der Waals surface area contributed by atoms with Gasteiger partial charge in [-0.25, -0.2) is 0 Å². The van der Waals surface area contributed by atoms with E-state index in [2.05, 4.69) is 29.2 Å². The van der Waals surface area contributed by atoms with Crippen LogP contribution in [0.1, 0.15) is 50.8 Å². The molecule has 1 N–H and O–H groups in total. The van der Waals surface area contributed by atoms with E-state index in [-0.39, 0.29) is 0 Å². The summed E-state index contributed by atoms with van der Waals surface area (Å²) < 4.78 is 7.31. The van der Waals surface area contributed by atoms with E-state index in [9.17, 15) is 0 Å². The minimum Gasteiger partial charge on any atom is -0.384 e. The molecule has 0 saturated heterocycles. The lowest BCUT2D eigenvalue weighted by Gasteiger charge is -2.21. The molecule has 1 saturated carbocycles. The van der Waals surface area contributed by atoms with E-state index < -0.39 is 0 Å². The van der Waals surface area contributed by atoms with Gasteiger partial charge < -0.3 is 10.1 Å². The largest absolute Gasteiger partial charge is 0.384 e. The Morgan fingerprint density at radius 3 is 2.95 bits per heavy atom. The fourth-order valence-electron chi connectivity index (χ4n) is 2.81. The number of ether oxygens (including phenoxy) is 1. The highest BCUT2D eigenvalue weighted by Gasteiger charge is 2.15. The normalized spacial score (nSPS) is 18.6. The quantitative estimate of drug-likeness (QED) is 0.824. The summed E-state index contributed by atoms with van der Waals surface area (Å²) in [4.78, 5) is 0. The molecule has 2 rings (SSSR count). The third-order valence-electron chi connectivity index (χ3n) is 3.86. The van der Waals surface area contributed by atoms with Crippen LogP contribution < -0.4 is 5.32 Å². The summed E-state index contributed by atoms with van der Waals surface area (Å²) in [6, 6.07) is 2.78. The highest BCUT2D eigenvalue weighted by molar-refractivity contribution is 4.99. The molecule has 0 spiro atoms. The van der Waals surface area contributed by atoms with E-state index >= 15 is 0 Å². The number of hydrogen-bond donors (Lipinski definition) is 1. The van der Waals surface area contributed by atoms with Crippen molar-refractivity contribution in [3.63, 3.8) is 0 Å². The van der Waals surface area contributed by atoms with Crippen molar-refractivity contribution in [2.45, 2.75) is 51.6 Å². The molecule has 1 aliphatic carbocycles. The molecule has 19 heavy (non-hydrogen) atoms. The summed E-state index contributed by atoms with van der Waals surface area (Å²) in [5.74, 6) is 0.547. The van der Waals surface area contributed by atoms with E-state index in [1.807, 2.05) is 0 Å². The van der Waals surface area contributed by atoms with Gasteiger partial charge in [0.25, 0.3) is 0 Å². The lowest BCUT2D eigenvalue weighted by Crippen LogP contribution is -2.23. The van der Waals surface area contributed by atoms with Crippen molar-refractivity contribution in [2.75, 3.05) is 20.3 Å². The van der Waals surface area contributed by atoms with Crippen molar-refractivity contribution in [3.8, 4) is 0 Å². The van der Waals surface area contributed by atoms with Gasteiger partial charge in [-0.3, -0.25) is 4.68 Å². The number of nitrogens with zero attached hydrogens (tertiary/aromatic N) is 2. The SMILES string of the molecule is COCC(C)CNCc1ccn(C2CCCCC2)n1. The molecule has 1 aromatic rings. The van der Waals surface area contributed by atoms with Crippen LogP contribution in [0.5, 0.6) is 0 Å². The standard InChI is InChI=1S/C15H27N3O/c1-13(12-19-2)10-16-11-14-8-9-18(17-14)15-6-4-3-5-7-15/h8-9,13,15-16H,3-7,10-12H2,1-2H3. The van der Waals surface area contributed by atoms with Crippen LogP contribution >= 0.6 is 0 Å². The Morgan fingerprint density at radius 2 is 2.21 bits per heavy atom. The van der Waals surface area contributed by atoms with Gasteiger partial charge in [0, 0.05) is 33.0 Å². The molecule has 0 amide bonds. The zero-order chi connectivity index (χ0) is 13.5. The predicted octanol–water partition coefficient (Wildman–Crippen LogP) is 2.76. The Hall–Kier alpha value is -0.870. The monoisotopic (exact) mass is 265 g/mol. The zero-order valence-electron chi connectivity index (χ0n) is 12.3. The number of aromatic nitrogens is 2. The Morgan fingerprint density at radius 1 is 1.42 bits per heavy atom. The topological polar surface area (TPSA) is 39.1 Å². The van der Waals surface area contributed by atoms with Crippen LogP contribution in [0.3, 0.4) is 0 Å². The summed E-state index contributed by atoms with van der Waals surface area (Å²) in [7, 11) is 1.75. The highest BCUT2D eigenvalue weighted by atomic mass is 16.5. The maximum Gasteiger partial charge on any atom is 0.0762 e. The number of nitrogens with one attached hydrogen (secondary N) is 1. The van der Waals surface area contributed by atoms with Crippen molar-refractivity contribution in [2.24, 2.45) is 5.92 Å². The third-order valence-corrected chi connectivity index (χ3v) is 3.86. The van der Waals surface area contributed by atoms with Gasteiger partial charge in [-0.05, 0) is 24.8 Å². The predicted molar refractivity (Wildman–Crippen MR) is 77.1 cm³/mol. The fourth-order valence-corrected chi connectivity index (χ4v) is 2.81. The third kappa shape index (κ3) is 4.62. The van der Waals surface area contributed by atoms with Gasteiger partial charge in [0.2, 0.25) is 0 Å². The van der Waals surface area contributed by atoms with Crippen LogP contribution in [0.4, 0.5) is 0 Å². The molecular formula is C15H27N3O. The molecule has 1 heterocycles. The average molecular weight is 265 g/mol. The second kappa shape index (κ2) is 7.65. The summed E-state index contributed by atoms with van der Waals surface area (Å²) in [5, 5.41) is 8.15. The fraction of sp³-hybridized carbons (Fsp3) is 0.800. The summed E-state index contributed by atoms with van der Waals surface area (Å²) in [6.07, 6.45) is 8.83. The molecule has 0 radical (unpaired) electrons. The second-order valence-corrected chi connectivity index (χ2v) is 5.77. The molecule has 1 aromatic heterocycles. The van der Waals surface area contributed by atoms with Gasteiger partial charge in [-0.2, -0.15) is 5.10 Å². The first-order valence-electron chi connectivity index (χ1n) is 7.53. The van der Waals surface area contributed by atoms with Crippen LogP contribution in [-0.2, 0) is 11.3 Å². The van der Waals surface area contributed by atoms with E-state index in [0.717, 1.165) is 25.4 Å².